The Morgan fingerprint density at radius 1 is 1.33 bits per heavy atom. The van der Waals surface area contributed by atoms with Crippen molar-refractivity contribution >= 4 is 39.1 Å². The number of nitrogens with two attached hydrogens (primary N) is 1. The van der Waals surface area contributed by atoms with Gasteiger partial charge in [-0.1, -0.05) is 27.5 Å². The van der Waals surface area contributed by atoms with E-state index in [0.29, 0.717) is 4.47 Å². The lowest BCUT2D eigenvalue weighted by Crippen LogP contribution is -2.09. The van der Waals surface area contributed by atoms with Gasteiger partial charge < -0.3 is 5.73 Å². The van der Waals surface area contributed by atoms with Crippen LogP contribution >= 0.6 is 27.5 Å². The molecular weight excluding hydrogens is 322 g/mol. The van der Waals surface area contributed by atoms with Crippen molar-refractivity contribution in [2.45, 2.75) is 0 Å². The van der Waals surface area contributed by atoms with E-state index in [0.717, 1.165) is 0 Å². The van der Waals surface area contributed by atoms with Gasteiger partial charge in [0.05, 0.1) is 16.1 Å². The smallest absolute Gasteiger partial charge is 0.199 e. The highest BCUT2D eigenvalue weighted by molar-refractivity contribution is 9.10. The van der Waals surface area contributed by atoms with Crippen LogP contribution in [0.3, 0.4) is 0 Å². The van der Waals surface area contributed by atoms with Crippen LogP contribution in [0.2, 0.25) is 5.02 Å². The minimum atomic E-state index is -0.623. The molecule has 18 heavy (non-hydrogen) atoms. The molecule has 1 aromatic carbocycles. The molecule has 0 bridgehead atoms. The molecule has 3 nitrogen and oxygen atoms in total. The Morgan fingerprint density at radius 2 is 2.06 bits per heavy atom. The fourth-order valence-electron chi connectivity index (χ4n) is 1.45. The third kappa shape index (κ3) is 2.52. The first-order valence-electron chi connectivity index (χ1n) is 4.90. The largest absolute Gasteiger partial charge is 0.383 e. The molecule has 0 aliphatic carbocycles. The van der Waals surface area contributed by atoms with Crippen molar-refractivity contribution in [2.75, 3.05) is 5.73 Å². The van der Waals surface area contributed by atoms with E-state index in [9.17, 15) is 9.18 Å². The molecule has 0 saturated carbocycles. The molecule has 0 unspecified atom stereocenters. The Bertz CT molecular complexity index is 580. The van der Waals surface area contributed by atoms with Crippen LogP contribution in [0, 0.1) is 5.82 Å². The molecule has 0 amide bonds. The van der Waals surface area contributed by atoms with Crippen molar-refractivity contribution in [3.8, 4) is 0 Å². The maximum Gasteiger partial charge on any atom is 0.199 e. The van der Waals surface area contributed by atoms with Crippen molar-refractivity contribution in [1.82, 2.24) is 4.98 Å². The van der Waals surface area contributed by atoms with E-state index in [1.165, 1.54) is 30.5 Å². The first-order valence-corrected chi connectivity index (χ1v) is 6.07. The maximum atomic E-state index is 13.6. The number of carbonyl (C=O) groups is 1. The highest BCUT2D eigenvalue weighted by Crippen LogP contribution is 2.22. The molecule has 2 aromatic rings. The summed E-state index contributed by atoms with van der Waals surface area (Å²) in [6.07, 6.45) is 1.32. The number of hydrogen-bond acceptors (Lipinski definition) is 3. The fraction of sp³-hybridized carbons (Fsp3) is 0. The molecule has 1 heterocycles. The van der Waals surface area contributed by atoms with Gasteiger partial charge in [-0.25, -0.2) is 9.37 Å². The van der Waals surface area contributed by atoms with Crippen LogP contribution in [-0.2, 0) is 0 Å². The van der Waals surface area contributed by atoms with Crippen molar-refractivity contribution in [2.24, 2.45) is 0 Å². The zero-order chi connectivity index (χ0) is 13.3. The summed E-state index contributed by atoms with van der Waals surface area (Å²) in [4.78, 5) is 15.9. The predicted octanol–water partition coefficient (Wildman–Crippen LogP) is 3.45. The number of halogens is 3. The molecule has 0 fully saturated rings. The van der Waals surface area contributed by atoms with Crippen LogP contribution in [0.25, 0.3) is 0 Å². The molecule has 2 N–H and O–H groups in total. The van der Waals surface area contributed by atoms with E-state index in [1.807, 2.05) is 0 Å². The second kappa shape index (κ2) is 5.04. The number of aromatic nitrogens is 1. The molecule has 0 saturated heterocycles. The zero-order valence-electron chi connectivity index (χ0n) is 8.95. The van der Waals surface area contributed by atoms with Gasteiger partial charge in [0.2, 0.25) is 0 Å². The highest BCUT2D eigenvalue weighted by atomic mass is 79.9. The number of carbonyl (C=O) groups excluding carboxylic acids is 1. The van der Waals surface area contributed by atoms with Crippen LogP contribution in [-0.4, -0.2) is 10.8 Å². The number of anilines is 1. The third-order valence-corrected chi connectivity index (χ3v) is 3.00. The fourth-order valence-corrected chi connectivity index (χ4v) is 1.97. The molecule has 0 atom stereocenters. The van der Waals surface area contributed by atoms with Gasteiger partial charge in [-0.3, -0.25) is 4.79 Å². The number of hydrogen-bond donors (Lipinski definition) is 1. The lowest BCUT2D eigenvalue weighted by atomic mass is 10.0. The highest BCUT2D eigenvalue weighted by Gasteiger charge is 2.18. The predicted molar refractivity (Wildman–Crippen MR) is 71.2 cm³/mol. The summed E-state index contributed by atoms with van der Waals surface area (Å²) in [6, 6.07) is 5.46. The van der Waals surface area contributed by atoms with Gasteiger partial charge in [0.25, 0.3) is 0 Å². The topological polar surface area (TPSA) is 56.0 Å². The summed E-state index contributed by atoms with van der Waals surface area (Å²) in [5.74, 6) is -1.16. The molecule has 0 aliphatic heterocycles. The van der Waals surface area contributed by atoms with E-state index in [1.54, 1.807) is 0 Å². The molecule has 0 spiro atoms. The van der Waals surface area contributed by atoms with Gasteiger partial charge in [-0.05, 0) is 24.3 Å². The standard InChI is InChI=1S/C12H7BrClFN2O/c13-6-1-2-10(15)8(3-6)11(18)9-4-7(14)5-17-12(9)16/h1-5H,(H2,16,17). The lowest BCUT2D eigenvalue weighted by Gasteiger charge is -2.06. The van der Waals surface area contributed by atoms with E-state index in [2.05, 4.69) is 20.9 Å². The Kier molecular flexibility index (Phi) is 3.63. The minimum absolute atomic E-state index is 0.0174. The van der Waals surface area contributed by atoms with Gasteiger partial charge in [0.1, 0.15) is 11.6 Å². The Balaban J connectivity index is 2.54. The summed E-state index contributed by atoms with van der Waals surface area (Å²) < 4.78 is 14.2. The van der Waals surface area contributed by atoms with Crippen molar-refractivity contribution in [3.05, 3.63) is 56.9 Å². The summed E-state index contributed by atoms with van der Waals surface area (Å²) in [6.45, 7) is 0. The molecule has 92 valence electrons. The van der Waals surface area contributed by atoms with Gasteiger partial charge in [-0.15, -0.1) is 0 Å². The van der Waals surface area contributed by atoms with Crippen molar-refractivity contribution < 1.29 is 9.18 Å². The van der Waals surface area contributed by atoms with Crippen molar-refractivity contribution in [1.29, 1.82) is 0 Å². The number of ketones is 1. The minimum Gasteiger partial charge on any atom is -0.383 e. The van der Waals surface area contributed by atoms with Gasteiger partial charge in [-0.2, -0.15) is 0 Å². The molecular formula is C12H7BrClFN2O. The number of pyridine rings is 1. The molecule has 6 heteroatoms. The van der Waals surface area contributed by atoms with Crippen molar-refractivity contribution in [3.63, 3.8) is 0 Å². The quantitative estimate of drug-likeness (QED) is 0.859. The normalized spacial score (nSPS) is 10.4. The summed E-state index contributed by atoms with van der Waals surface area (Å²) in [7, 11) is 0. The lowest BCUT2D eigenvalue weighted by molar-refractivity contribution is 0.103. The number of nitrogens with zero attached hydrogens (tertiary/aromatic N) is 1. The second-order valence-corrected chi connectivity index (χ2v) is 4.89. The van der Waals surface area contributed by atoms with Crippen LogP contribution in [0.1, 0.15) is 15.9 Å². The first kappa shape index (κ1) is 13.0. The summed E-state index contributed by atoms with van der Waals surface area (Å²) in [5, 5.41) is 0.267. The first-order chi connectivity index (χ1) is 8.49. The molecule has 0 aliphatic rings. The van der Waals surface area contributed by atoms with Crippen LogP contribution in [0.4, 0.5) is 10.2 Å². The monoisotopic (exact) mass is 328 g/mol. The average Bonchev–Trinajstić information content (AvgIpc) is 2.34. The van der Waals surface area contributed by atoms with Gasteiger partial charge in [0.15, 0.2) is 5.78 Å². The Hall–Kier alpha value is -1.46. The number of rotatable bonds is 2. The third-order valence-electron chi connectivity index (χ3n) is 2.30. The molecule has 1 aromatic heterocycles. The second-order valence-electron chi connectivity index (χ2n) is 3.54. The summed E-state index contributed by atoms with van der Waals surface area (Å²) >= 11 is 8.92. The van der Waals surface area contributed by atoms with Crippen LogP contribution < -0.4 is 5.73 Å². The number of benzene rings is 1. The van der Waals surface area contributed by atoms with E-state index >= 15 is 0 Å². The number of nitrogen functional groups attached to an aromatic ring is 1. The van der Waals surface area contributed by atoms with Gasteiger partial charge >= 0.3 is 0 Å². The van der Waals surface area contributed by atoms with E-state index in [4.69, 9.17) is 17.3 Å². The zero-order valence-corrected chi connectivity index (χ0v) is 11.3. The summed E-state index contributed by atoms with van der Waals surface area (Å²) in [5.41, 5.74) is 5.59. The average molecular weight is 330 g/mol. The molecule has 2 rings (SSSR count). The van der Waals surface area contributed by atoms with E-state index < -0.39 is 11.6 Å². The van der Waals surface area contributed by atoms with E-state index in [-0.39, 0.29) is 22.0 Å². The Labute approximate surface area is 116 Å². The molecule has 0 radical (unpaired) electrons. The maximum absolute atomic E-state index is 13.6. The van der Waals surface area contributed by atoms with Gasteiger partial charge in [0, 0.05) is 10.7 Å². The Morgan fingerprint density at radius 3 is 2.78 bits per heavy atom. The van der Waals surface area contributed by atoms with Crippen LogP contribution in [0.5, 0.6) is 0 Å². The SMILES string of the molecule is Nc1ncc(Cl)cc1C(=O)c1cc(Br)ccc1F. The van der Waals surface area contributed by atoms with Crippen LogP contribution in [0.15, 0.2) is 34.9 Å².